The van der Waals surface area contributed by atoms with E-state index in [9.17, 15) is 4.79 Å². The van der Waals surface area contributed by atoms with Gasteiger partial charge in [0.25, 0.3) is 0 Å². The maximum atomic E-state index is 12.2. The van der Waals surface area contributed by atoms with Gasteiger partial charge in [0.2, 0.25) is 0 Å². The first-order chi connectivity index (χ1) is 11.2. The predicted molar refractivity (Wildman–Crippen MR) is 91.4 cm³/mol. The van der Waals surface area contributed by atoms with Crippen LogP contribution < -0.4 is 9.47 Å². The summed E-state index contributed by atoms with van der Waals surface area (Å²) in [5.74, 6) is 1.48. The summed E-state index contributed by atoms with van der Waals surface area (Å²) in [5, 5.41) is 0.547. The minimum absolute atomic E-state index is 0.0927. The molecule has 0 bridgehead atoms. The molecule has 1 heterocycles. The summed E-state index contributed by atoms with van der Waals surface area (Å²) in [6.45, 7) is 0.429. The normalized spacial score (nSPS) is 13.2. The Kier molecular flexibility index (Phi) is 4.49. The van der Waals surface area contributed by atoms with E-state index in [1.165, 1.54) is 6.08 Å². The summed E-state index contributed by atoms with van der Waals surface area (Å²) in [7, 11) is 1.62. The summed E-state index contributed by atoms with van der Waals surface area (Å²) in [6.07, 6.45) is 5.29. The van der Waals surface area contributed by atoms with Crippen molar-refractivity contribution in [2.45, 2.75) is 0 Å². The van der Waals surface area contributed by atoms with Gasteiger partial charge in [0, 0.05) is 16.1 Å². The van der Waals surface area contributed by atoms with Crippen LogP contribution in [0.3, 0.4) is 0 Å². The quantitative estimate of drug-likeness (QED) is 0.610. The second kappa shape index (κ2) is 6.71. The molecule has 23 heavy (non-hydrogen) atoms. The van der Waals surface area contributed by atoms with E-state index in [0.717, 1.165) is 22.6 Å². The molecule has 0 N–H and O–H groups in total. The SMILES string of the molecule is COc1ccc2c(c1)C=C(/C=C/C(=O)c1cccc(Cl)c1)CO2. The van der Waals surface area contributed by atoms with Gasteiger partial charge in [-0.05, 0) is 48.1 Å². The van der Waals surface area contributed by atoms with E-state index in [2.05, 4.69) is 0 Å². The molecule has 3 nitrogen and oxygen atoms in total. The van der Waals surface area contributed by atoms with Crippen molar-refractivity contribution in [1.82, 2.24) is 0 Å². The number of ether oxygens (including phenoxy) is 2. The van der Waals surface area contributed by atoms with Crippen molar-refractivity contribution in [2.75, 3.05) is 13.7 Å². The number of methoxy groups -OCH3 is 1. The van der Waals surface area contributed by atoms with Crippen LogP contribution in [0.2, 0.25) is 5.02 Å². The van der Waals surface area contributed by atoms with E-state index < -0.39 is 0 Å². The molecule has 0 spiro atoms. The maximum absolute atomic E-state index is 12.2. The van der Waals surface area contributed by atoms with Crippen molar-refractivity contribution >= 4 is 23.5 Å². The zero-order valence-electron chi connectivity index (χ0n) is 12.6. The molecule has 116 valence electrons. The Morgan fingerprint density at radius 1 is 1.26 bits per heavy atom. The number of rotatable bonds is 4. The molecule has 0 saturated heterocycles. The number of ketones is 1. The first-order valence-corrected chi connectivity index (χ1v) is 7.53. The average Bonchev–Trinajstić information content (AvgIpc) is 2.58. The molecule has 4 heteroatoms. The highest BCUT2D eigenvalue weighted by atomic mass is 35.5. The van der Waals surface area contributed by atoms with Gasteiger partial charge in [-0.2, -0.15) is 0 Å². The lowest BCUT2D eigenvalue weighted by Crippen LogP contribution is -2.06. The van der Waals surface area contributed by atoms with Gasteiger partial charge in [-0.25, -0.2) is 0 Å². The summed E-state index contributed by atoms with van der Waals surface area (Å²) < 4.78 is 10.9. The van der Waals surface area contributed by atoms with Gasteiger partial charge in [0.1, 0.15) is 18.1 Å². The molecule has 1 aliphatic rings. The van der Waals surface area contributed by atoms with Crippen LogP contribution in [0.5, 0.6) is 11.5 Å². The van der Waals surface area contributed by atoms with E-state index in [0.29, 0.717) is 17.2 Å². The Bertz CT molecular complexity index is 806. The molecule has 1 aliphatic heterocycles. The van der Waals surface area contributed by atoms with E-state index in [1.807, 2.05) is 24.3 Å². The average molecular weight is 327 g/mol. The van der Waals surface area contributed by atoms with Crippen LogP contribution in [0.15, 0.2) is 60.2 Å². The largest absolute Gasteiger partial charge is 0.497 e. The molecule has 2 aromatic rings. The molecule has 3 rings (SSSR count). The Morgan fingerprint density at radius 2 is 2.13 bits per heavy atom. The van der Waals surface area contributed by atoms with Crippen LogP contribution in [0, 0.1) is 0 Å². The zero-order valence-corrected chi connectivity index (χ0v) is 13.3. The number of fused-ring (bicyclic) bond motifs is 1. The molecule has 0 unspecified atom stereocenters. The maximum Gasteiger partial charge on any atom is 0.185 e. The molecular weight excluding hydrogens is 312 g/mol. The molecule has 0 aliphatic carbocycles. The van der Waals surface area contributed by atoms with Gasteiger partial charge in [0.05, 0.1) is 7.11 Å². The van der Waals surface area contributed by atoms with Crippen LogP contribution in [-0.4, -0.2) is 19.5 Å². The summed E-state index contributed by atoms with van der Waals surface area (Å²) in [4.78, 5) is 12.2. The third-order valence-electron chi connectivity index (χ3n) is 3.51. The predicted octanol–water partition coefficient (Wildman–Crippen LogP) is 4.56. The van der Waals surface area contributed by atoms with E-state index in [-0.39, 0.29) is 5.78 Å². The minimum Gasteiger partial charge on any atom is -0.497 e. The van der Waals surface area contributed by atoms with Gasteiger partial charge >= 0.3 is 0 Å². The molecule has 0 atom stereocenters. The molecule has 0 saturated carbocycles. The number of carbonyl (C=O) groups is 1. The molecular formula is C19H15ClO3. The van der Waals surface area contributed by atoms with Gasteiger partial charge in [-0.15, -0.1) is 0 Å². The topological polar surface area (TPSA) is 35.5 Å². The summed E-state index contributed by atoms with van der Waals surface area (Å²) in [6, 6.07) is 12.5. The van der Waals surface area contributed by atoms with E-state index in [1.54, 1.807) is 37.5 Å². The Hall–Kier alpha value is -2.52. The van der Waals surface area contributed by atoms with Crippen molar-refractivity contribution in [1.29, 1.82) is 0 Å². The van der Waals surface area contributed by atoms with Crippen LogP contribution in [0.1, 0.15) is 15.9 Å². The number of hydrogen-bond donors (Lipinski definition) is 0. The van der Waals surface area contributed by atoms with Crippen molar-refractivity contribution < 1.29 is 14.3 Å². The molecule has 0 radical (unpaired) electrons. The number of allylic oxidation sites excluding steroid dienone is 1. The van der Waals surface area contributed by atoms with Crippen LogP contribution in [0.4, 0.5) is 0 Å². The monoisotopic (exact) mass is 326 g/mol. The van der Waals surface area contributed by atoms with Crippen molar-refractivity contribution in [2.24, 2.45) is 0 Å². The molecule has 0 fully saturated rings. The van der Waals surface area contributed by atoms with Gasteiger partial charge in [-0.1, -0.05) is 29.8 Å². The Morgan fingerprint density at radius 3 is 2.91 bits per heavy atom. The number of benzene rings is 2. The highest BCUT2D eigenvalue weighted by Gasteiger charge is 2.11. The van der Waals surface area contributed by atoms with Crippen LogP contribution in [0.25, 0.3) is 6.08 Å². The van der Waals surface area contributed by atoms with Gasteiger partial charge < -0.3 is 9.47 Å². The number of hydrogen-bond acceptors (Lipinski definition) is 3. The second-order valence-electron chi connectivity index (χ2n) is 5.12. The fourth-order valence-corrected chi connectivity index (χ4v) is 2.51. The number of halogens is 1. The highest BCUT2D eigenvalue weighted by molar-refractivity contribution is 6.31. The van der Waals surface area contributed by atoms with E-state index >= 15 is 0 Å². The van der Waals surface area contributed by atoms with E-state index in [4.69, 9.17) is 21.1 Å². The first kappa shape index (κ1) is 15.4. The minimum atomic E-state index is -0.0927. The first-order valence-electron chi connectivity index (χ1n) is 7.15. The Labute approximate surface area is 139 Å². The molecule has 2 aromatic carbocycles. The smallest absolute Gasteiger partial charge is 0.185 e. The standard InChI is InChI=1S/C19H15ClO3/c1-22-17-6-8-19-15(11-17)9-13(12-23-19)5-7-18(21)14-3-2-4-16(20)10-14/h2-11H,12H2,1H3/b7-5+. The molecule has 0 amide bonds. The molecule has 0 aromatic heterocycles. The van der Waals surface area contributed by atoms with Gasteiger partial charge in [0.15, 0.2) is 5.78 Å². The number of carbonyl (C=O) groups excluding carboxylic acids is 1. The van der Waals surface area contributed by atoms with Crippen molar-refractivity contribution in [3.8, 4) is 11.5 Å². The van der Waals surface area contributed by atoms with Crippen molar-refractivity contribution in [3.63, 3.8) is 0 Å². The second-order valence-corrected chi connectivity index (χ2v) is 5.56. The fourth-order valence-electron chi connectivity index (χ4n) is 2.32. The van der Waals surface area contributed by atoms with Crippen molar-refractivity contribution in [3.05, 3.63) is 76.3 Å². The summed E-state index contributed by atoms with van der Waals surface area (Å²) >= 11 is 5.90. The lowest BCUT2D eigenvalue weighted by atomic mass is 10.1. The fraction of sp³-hybridized carbons (Fsp3) is 0.105. The zero-order chi connectivity index (χ0) is 16.2. The Balaban J connectivity index is 1.80. The lowest BCUT2D eigenvalue weighted by Gasteiger charge is -2.16. The summed E-state index contributed by atoms with van der Waals surface area (Å²) in [5.41, 5.74) is 2.42. The van der Waals surface area contributed by atoms with Crippen LogP contribution in [-0.2, 0) is 0 Å². The highest BCUT2D eigenvalue weighted by Crippen LogP contribution is 2.30. The lowest BCUT2D eigenvalue weighted by molar-refractivity contribution is 0.104. The third-order valence-corrected chi connectivity index (χ3v) is 3.75. The third kappa shape index (κ3) is 3.63. The van der Waals surface area contributed by atoms with Crippen LogP contribution >= 0.6 is 11.6 Å². The van der Waals surface area contributed by atoms with Gasteiger partial charge in [-0.3, -0.25) is 4.79 Å².